The fourth-order valence-electron chi connectivity index (χ4n) is 4.47. The zero-order valence-electron chi connectivity index (χ0n) is 19.4. The van der Waals surface area contributed by atoms with Crippen LogP contribution in [0.4, 0.5) is 4.79 Å². The lowest BCUT2D eigenvalue weighted by atomic mass is 9.98. The van der Waals surface area contributed by atoms with Crippen LogP contribution < -0.4 is 10.6 Å². The Morgan fingerprint density at radius 2 is 1.46 bits per heavy atom. The van der Waals surface area contributed by atoms with Gasteiger partial charge in [-0.05, 0) is 34.2 Å². The highest BCUT2D eigenvalue weighted by Crippen LogP contribution is 2.44. The molecule has 0 bridgehead atoms. The van der Waals surface area contributed by atoms with Crippen molar-refractivity contribution in [2.75, 3.05) is 13.2 Å². The minimum absolute atomic E-state index is 0.0418. The molecule has 35 heavy (non-hydrogen) atoms. The molecule has 0 spiro atoms. The second-order valence-corrected chi connectivity index (χ2v) is 8.50. The average molecular weight is 473 g/mol. The standard InChI is InChI=1S/C28H28N2O5/c1-2-18(26(31)30-25(27(32)33)19-10-4-3-5-11-19)16-29-28(34)35-17-24-22-14-8-6-12-20(22)21-13-7-9-15-23(21)24/h3-15,18,24-25H,2,16-17H2,1H3,(H,29,34)(H,30,31)(H,32,33)/t18?,25-/m1/s1. The minimum atomic E-state index is -1.16. The molecule has 0 heterocycles. The molecule has 4 rings (SSSR count). The zero-order valence-corrected chi connectivity index (χ0v) is 19.4. The van der Waals surface area contributed by atoms with E-state index in [1.54, 1.807) is 30.3 Å². The fourth-order valence-corrected chi connectivity index (χ4v) is 4.47. The maximum atomic E-state index is 12.8. The maximum Gasteiger partial charge on any atom is 0.407 e. The van der Waals surface area contributed by atoms with E-state index in [0.29, 0.717) is 12.0 Å². The summed E-state index contributed by atoms with van der Waals surface area (Å²) in [4.78, 5) is 36.9. The molecule has 3 aromatic carbocycles. The largest absolute Gasteiger partial charge is 0.479 e. The quantitative estimate of drug-likeness (QED) is 0.426. The summed E-state index contributed by atoms with van der Waals surface area (Å²) in [5.41, 5.74) is 5.01. The number of carbonyl (C=O) groups excluding carboxylic acids is 2. The Kier molecular flexibility index (Phi) is 7.45. The van der Waals surface area contributed by atoms with E-state index >= 15 is 0 Å². The SMILES string of the molecule is CCC(CNC(=O)OCC1c2ccccc2-c2ccccc21)C(=O)N[C@@H](C(=O)O)c1ccccc1. The molecule has 0 fully saturated rings. The van der Waals surface area contributed by atoms with E-state index in [9.17, 15) is 19.5 Å². The van der Waals surface area contributed by atoms with Crippen molar-refractivity contribution < 1.29 is 24.2 Å². The van der Waals surface area contributed by atoms with Gasteiger partial charge >= 0.3 is 12.1 Å². The van der Waals surface area contributed by atoms with E-state index in [1.165, 1.54) is 0 Å². The molecule has 3 N–H and O–H groups in total. The number of carboxylic acids is 1. The van der Waals surface area contributed by atoms with Crippen molar-refractivity contribution in [3.8, 4) is 11.1 Å². The minimum Gasteiger partial charge on any atom is -0.479 e. The summed E-state index contributed by atoms with van der Waals surface area (Å²) >= 11 is 0. The first-order valence-electron chi connectivity index (χ1n) is 11.7. The molecule has 0 aliphatic heterocycles. The van der Waals surface area contributed by atoms with E-state index in [1.807, 2.05) is 43.3 Å². The van der Waals surface area contributed by atoms with Crippen LogP contribution in [0.25, 0.3) is 11.1 Å². The molecular weight excluding hydrogens is 444 g/mol. The first kappa shape index (κ1) is 24.0. The molecule has 0 saturated heterocycles. The monoisotopic (exact) mass is 472 g/mol. The number of carbonyl (C=O) groups is 3. The number of hydrogen-bond donors (Lipinski definition) is 3. The van der Waals surface area contributed by atoms with Gasteiger partial charge in [-0.2, -0.15) is 0 Å². The lowest BCUT2D eigenvalue weighted by Crippen LogP contribution is -2.42. The number of nitrogens with one attached hydrogen (secondary N) is 2. The Labute approximate surface area is 204 Å². The van der Waals surface area contributed by atoms with Crippen molar-refractivity contribution in [3.63, 3.8) is 0 Å². The Hall–Kier alpha value is -4.13. The second kappa shape index (κ2) is 10.9. The number of hydrogen-bond acceptors (Lipinski definition) is 4. The Morgan fingerprint density at radius 3 is 2.03 bits per heavy atom. The van der Waals surface area contributed by atoms with E-state index < -0.39 is 29.9 Å². The van der Waals surface area contributed by atoms with Gasteiger partial charge < -0.3 is 20.5 Å². The van der Waals surface area contributed by atoms with Crippen LogP contribution in [0.5, 0.6) is 0 Å². The molecule has 0 saturated carbocycles. The van der Waals surface area contributed by atoms with Crippen molar-refractivity contribution in [3.05, 3.63) is 95.6 Å². The van der Waals surface area contributed by atoms with Crippen LogP contribution in [0.15, 0.2) is 78.9 Å². The maximum absolute atomic E-state index is 12.8. The third-order valence-electron chi connectivity index (χ3n) is 6.37. The van der Waals surface area contributed by atoms with Gasteiger partial charge in [0.15, 0.2) is 6.04 Å². The molecule has 1 aliphatic rings. The van der Waals surface area contributed by atoms with Gasteiger partial charge in [0.2, 0.25) is 5.91 Å². The lowest BCUT2D eigenvalue weighted by Gasteiger charge is -2.20. The predicted molar refractivity (Wildman–Crippen MR) is 132 cm³/mol. The summed E-state index contributed by atoms with van der Waals surface area (Å²) in [6, 6.07) is 23.5. The van der Waals surface area contributed by atoms with E-state index in [4.69, 9.17) is 4.74 Å². The van der Waals surface area contributed by atoms with Crippen LogP contribution in [0.1, 0.15) is 42.0 Å². The van der Waals surface area contributed by atoms with Gasteiger partial charge in [-0.25, -0.2) is 9.59 Å². The van der Waals surface area contributed by atoms with Gasteiger partial charge in [-0.15, -0.1) is 0 Å². The van der Waals surface area contributed by atoms with Gasteiger partial charge in [0.25, 0.3) is 0 Å². The number of ether oxygens (including phenoxy) is 1. The van der Waals surface area contributed by atoms with Crippen molar-refractivity contribution in [2.45, 2.75) is 25.3 Å². The summed E-state index contributed by atoms with van der Waals surface area (Å²) < 4.78 is 5.53. The highest BCUT2D eigenvalue weighted by molar-refractivity contribution is 5.86. The van der Waals surface area contributed by atoms with Gasteiger partial charge in [-0.3, -0.25) is 4.79 Å². The molecule has 1 aliphatic carbocycles. The molecule has 0 aromatic heterocycles. The summed E-state index contributed by atoms with van der Waals surface area (Å²) in [7, 11) is 0. The molecular formula is C28H28N2O5. The smallest absolute Gasteiger partial charge is 0.407 e. The molecule has 3 aromatic rings. The third kappa shape index (κ3) is 5.35. The summed E-state index contributed by atoms with van der Waals surface area (Å²) in [6.07, 6.45) is -0.188. The first-order valence-corrected chi connectivity index (χ1v) is 11.7. The zero-order chi connectivity index (χ0) is 24.8. The van der Waals surface area contributed by atoms with Gasteiger partial charge in [-0.1, -0.05) is 85.8 Å². The number of rotatable bonds is 9. The van der Waals surface area contributed by atoms with Crippen molar-refractivity contribution in [2.24, 2.45) is 5.92 Å². The predicted octanol–water partition coefficient (Wildman–Crippen LogP) is 4.49. The summed E-state index contributed by atoms with van der Waals surface area (Å²) in [5, 5.41) is 14.8. The molecule has 1 unspecified atom stereocenters. The molecule has 2 amide bonds. The Morgan fingerprint density at radius 1 is 0.886 bits per heavy atom. The highest BCUT2D eigenvalue weighted by Gasteiger charge is 2.29. The molecule has 2 atom stereocenters. The number of benzene rings is 3. The number of carboxylic acid groups (broad SMARTS) is 1. The molecule has 180 valence electrons. The topological polar surface area (TPSA) is 105 Å². The highest BCUT2D eigenvalue weighted by atomic mass is 16.5. The molecule has 7 nitrogen and oxygen atoms in total. The molecule has 0 radical (unpaired) electrons. The van der Waals surface area contributed by atoms with Gasteiger partial charge in [0.1, 0.15) is 6.61 Å². The van der Waals surface area contributed by atoms with Gasteiger partial charge in [0.05, 0.1) is 5.92 Å². The van der Waals surface area contributed by atoms with Crippen LogP contribution in [0.2, 0.25) is 0 Å². The number of fused-ring (bicyclic) bond motifs is 3. The van der Waals surface area contributed by atoms with Crippen LogP contribution in [-0.4, -0.2) is 36.2 Å². The molecule has 7 heteroatoms. The van der Waals surface area contributed by atoms with Crippen molar-refractivity contribution in [1.29, 1.82) is 0 Å². The van der Waals surface area contributed by atoms with Crippen LogP contribution in [0.3, 0.4) is 0 Å². The van der Waals surface area contributed by atoms with E-state index in [0.717, 1.165) is 22.3 Å². The van der Waals surface area contributed by atoms with E-state index in [2.05, 4.69) is 22.8 Å². The fraction of sp³-hybridized carbons (Fsp3) is 0.250. The summed E-state index contributed by atoms with van der Waals surface area (Å²) in [6.45, 7) is 2.03. The Balaban J connectivity index is 1.33. The van der Waals surface area contributed by atoms with Crippen molar-refractivity contribution >= 4 is 18.0 Å². The van der Waals surface area contributed by atoms with E-state index in [-0.39, 0.29) is 19.1 Å². The van der Waals surface area contributed by atoms with Crippen LogP contribution >= 0.6 is 0 Å². The van der Waals surface area contributed by atoms with Gasteiger partial charge in [0, 0.05) is 12.5 Å². The lowest BCUT2D eigenvalue weighted by molar-refractivity contribution is -0.142. The Bertz CT molecular complexity index is 1170. The number of amides is 2. The second-order valence-electron chi connectivity index (χ2n) is 8.50. The first-order chi connectivity index (χ1) is 17.0. The average Bonchev–Trinajstić information content (AvgIpc) is 3.20. The van der Waals surface area contributed by atoms with Crippen LogP contribution in [0, 0.1) is 5.92 Å². The third-order valence-corrected chi connectivity index (χ3v) is 6.37. The number of aliphatic carboxylic acids is 1. The normalized spacial score (nSPS) is 13.7. The summed E-state index contributed by atoms with van der Waals surface area (Å²) in [5.74, 6) is -2.24. The van der Waals surface area contributed by atoms with Crippen LogP contribution in [-0.2, 0) is 14.3 Å². The number of alkyl carbamates (subject to hydrolysis) is 1. The van der Waals surface area contributed by atoms with Crippen molar-refractivity contribution in [1.82, 2.24) is 10.6 Å².